The lowest BCUT2D eigenvalue weighted by atomic mass is 10.3. The molecule has 0 bridgehead atoms. The molecule has 0 saturated carbocycles. The van der Waals surface area contributed by atoms with Gasteiger partial charge in [-0.3, -0.25) is 0 Å². The van der Waals surface area contributed by atoms with Crippen molar-refractivity contribution in [2.75, 3.05) is 13.7 Å². The van der Waals surface area contributed by atoms with Crippen molar-refractivity contribution in [3.63, 3.8) is 0 Å². The Morgan fingerprint density at radius 2 is 2.23 bits per heavy atom. The molecular formula is C18H16ClN3O2S2. The van der Waals surface area contributed by atoms with E-state index in [1.807, 2.05) is 41.8 Å². The summed E-state index contributed by atoms with van der Waals surface area (Å²) >= 11 is 9.37. The summed E-state index contributed by atoms with van der Waals surface area (Å²) in [5.41, 5.74) is 2.82. The first-order valence-electron chi connectivity index (χ1n) is 8.01. The Kier molecular flexibility index (Phi) is 5.31. The van der Waals surface area contributed by atoms with E-state index in [-0.39, 0.29) is 0 Å². The summed E-state index contributed by atoms with van der Waals surface area (Å²) in [6, 6.07) is 11.8. The number of rotatable bonds is 7. The number of halogens is 1. The molecule has 0 aliphatic rings. The molecule has 1 aromatic carbocycles. The maximum atomic E-state index is 6.11. The van der Waals surface area contributed by atoms with E-state index in [0.29, 0.717) is 17.4 Å². The van der Waals surface area contributed by atoms with Crippen molar-refractivity contribution in [1.82, 2.24) is 14.7 Å². The second-order valence-corrected chi connectivity index (χ2v) is 7.95. The van der Waals surface area contributed by atoms with Gasteiger partial charge in [-0.2, -0.15) is 0 Å². The molecule has 134 valence electrons. The minimum atomic E-state index is 0.619. The molecule has 0 aliphatic heterocycles. The lowest BCUT2D eigenvalue weighted by molar-refractivity contribution is 0.186. The second-order valence-electron chi connectivity index (χ2n) is 5.62. The first kappa shape index (κ1) is 17.6. The SMILES string of the molecule is COCCn1c(SCc2cc(-c3cccs3)on2)nc2cc(Cl)ccc21. The standard InChI is InChI=1S/C18H16ClN3O2S2/c1-23-7-6-22-15-5-4-12(19)9-14(15)20-18(22)26-11-13-10-16(24-21-13)17-3-2-8-25-17/h2-5,8-10H,6-7,11H2,1H3. The minimum Gasteiger partial charge on any atom is -0.383 e. The van der Waals surface area contributed by atoms with Crippen molar-refractivity contribution >= 4 is 45.7 Å². The van der Waals surface area contributed by atoms with E-state index in [0.717, 1.165) is 39.1 Å². The minimum absolute atomic E-state index is 0.619. The highest BCUT2D eigenvalue weighted by Crippen LogP contribution is 2.30. The van der Waals surface area contributed by atoms with Gasteiger partial charge in [0.05, 0.1) is 28.2 Å². The third-order valence-corrected chi connectivity index (χ3v) is 6.00. The lowest BCUT2D eigenvalue weighted by Gasteiger charge is -2.07. The summed E-state index contributed by atoms with van der Waals surface area (Å²) in [6.45, 7) is 1.35. The molecule has 4 aromatic rings. The molecule has 26 heavy (non-hydrogen) atoms. The number of thiophene rings is 1. The molecule has 0 radical (unpaired) electrons. The van der Waals surface area contributed by atoms with Gasteiger partial charge in [0.25, 0.3) is 0 Å². The van der Waals surface area contributed by atoms with Crippen molar-refractivity contribution in [3.8, 4) is 10.6 Å². The molecule has 3 heterocycles. The van der Waals surface area contributed by atoms with Crippen molar-refractivity contribution < 1.29 is 9.26 Å². The number of aromatic nitrogens is 3. The third kappa shape index (κ3) is 3.66. The monoisotopic (exact) mass is 405 g/mol. The molecule has 0 spiro atoms. The zero-order valence-electron chi connectivity index (χ0n) is 14.0. The fourth-order valence-electron chi connectivity index (χ4n) is 2.64. The number of hydrogen-bond donors (Lipinski definition) is 0. The number of methoxy groups -OCH3 is 1. The fourth-order valence-corrected chi connectivity index (χ4v) is 4.40. The van der Waals surface area contributed by atoms with E-state index in [4.69, 9.17) is 25.8 Å². The van der Waals surface area contributed by atoms with Gasteiger partial charge in [0.15, 0.2) is 10.9 Å². The van der Waals surface area contributed by atoms with Crippen molar-refractivity contribution in [2.45, 2.75) is 17.5 Å². The highest BCUT2D eigenvalue weighted by molar-refractivity contribution is 7.98. The number of fused-ring (bicyclic) bond motifs is 1. The molecule has 5 nitrogen and oxygen atoms in total. The van der Waals surface area contributed by atoms with Crippen LogP contribution < -0.4 is 0 Å². The van der Waals surface area contributed by atoms with Crippen LogP contribution in [0.2, 0.25) is 5.02 Å². The predicted octanol–water partition coefficient (Wildman–Crippen LogP) is 5.34. The average molecular weight is 406 g/mol. The molecule has 0 N–H and O–H groups in total. The van der Waals surface area contributed by atoms with Gasteiger partial charge in [-0.25, -0.2) is 4.98 Å². The van der Waals surface area contributed by atoms with E-state index < -0.39 is 0 Å². The Balaban J connectivity index is 1.56. The molecule has 3 aromatic heterocycles. The number of thioether (sulfide) groups is 1. The van der Waals surface area contributed by atoms with Crippen molar-refractivity contribution in [1.29, 1.82) is 0 Å². The molecule has 0 unspecified atom stereocenters. The number of ether oxygens (including phenoxy) is 1. The molecule has 0 aliphatic carbocycles. The summed E-state index contributed by atoms with van der Waals surface area (Å²) in [6.07, 6.45) is 0. The Labute approximate surface area is 163 Å². The Morgan fingerprint density at radius 1 is 1.31 bits per heavy atom. The summed E-state index contributed by atoms with van der Waals surface area (Å²) in [5.74, 6) is 1.48. The Hall–Kier alpha value is -1.80. The van der Waals surface area contributed by atoms with Gasteiger partial charge in [-0.1, -0.05) is 34.6 Å². The number of nitrogens with zero attached hydrogens (tertiary/aromatic N) is 3. The molecule has 0 amide bonds. The zero-order chi connectivity index (χ0) is 17.9. The molecule has 4 rings (SSSR count). The summed E-state index contributed by atoms with van der Waals surface area (Å²) in [7, 11) is 1.70. The van der Waals surface area contributed by atoms with Gasteiger partial charge in [0.2, 0.25) is 0 Å². The number of hydrogen-bond acceptors (Lipinski definition) is 6. The first-order valence-corrected chi connectivity index (χ1v) is 10.3. The van der Waals surface area contributed by atoms with Crippen LogP contribution in [0.5, 0.6) is 0 Å². The van der Waals surface area contributed by atoms with Crippen LogP contribution in [0.4, 0.5) is 0 Å². The topological polar surface area (TPSA) is 53.1 Å². The fraction of sp³-hybridized carbons (Fsp3) is 0.222. The smallest absolute Gasteiger partial charge is 0.177 e. The normalized spacial score (nSPS) is 11.5. The van der Waals surface area contributed by atoms with Crippen LogP contribution in [-0.2, 0) is 17.0 Å². The van der Waals surface area contributed by atoms with E-state index in [1.165, 1.54) is 0 Å². The highest BCUT2D eigenvalue weighted by Gasteiger charge is 2.14. The molecular weight excluding hydrogens is 390 g/mol. The highest BCUT2D eigenvalue weighted by atomic mass is 35.5. The average Bonchev–Trinajstić information content (AvgIpc) is 3.37. The van der Waals surface area contributed by atoms with E-state index in [1.54, 1.807) is 30.2 Å². The lowest BCUT2D eigenvalue weighted by Crippen LogP contribution is -2.05. The molecule has 8 heteroatoms. The maximum absolute atomic E-state index is 6.11. The van der Waals surface area contributed by atoms with Crippen LogP contribution in [-0.4, -0.2) is 28.4 Å². The summed E-state index contributed by atoms with van der Waals surface area (Å²) in [4.78, 5) is 5.81. The first-order chi connectivity index (χ1) is 12.7. The van der Waals surface area contributed by atoms with Crippen LogP contribution in [0.25, 0.3) is 21.7 Å². The quantitative estimate of drug-likeness (QED) is 0.388. The van der Waals surface area contributed by atoms with Gasteiger partial charge in [0.1, 0.15) is 0 Å². The van der Waals surface area contributed by atoms with E-state index >= 15 is 0 Å². The van der Waals surface area contributed by atoms with Crippen LogP contribution in [0.15, 0.2) is 51.5 Å². The van der Waals surface area contributed by atoms with Crippen LogP contribution >= 0.6 is 34.7 Å². The summed E-state index contributed by atoms with van der Waals surface area (Å²) < 4.78 is 12.8. The van der Waals surface area contributed by atoms with Crippen LogP contribution in [0.3, 0.4) is 0 Å². The second kappa shape index (κ2) is 7.84. The number of imidazole rings is 1. The number of benzene rings is 1. The summed E-state index contributed by atoms with van der Waals surface area (Å²) in [5, 5.41) is 7.80. The Bertz CT molecular complexity index is 1010. The van der Waals surface area contributed by atoms with Crippen molar-refractivity contribution in [2.24, 2.45) is 0 Å². The van der Waals surface area contributed by atoms with E-state index in [9.17, 15) is 0 Å². The van der Waals surface area contributed by atoms with Crippen LogP contribution in [0, 0.1) is 0 Å². The molecule has 0 atom stereocenters. The van der Waals surface area contributed by atoms with Gasteiger partial charge in [-0.05, 0) is 29.6 Å². The predicted molar refractivity (Wildman–Crippen MR) is 106 cm³/mol. The van der Waals surface area contributed by atoms with Gasteiger partial charge in [0, 0.05) is 30.5 Å². The van der Waals surface area contributed by atoms with Gasteiger partial charge >= 0.3 is 0 Å². The van der Waals surface area contributed by atoms with Gasteiger partial charge in [-0.15, -0.1) is 11.3 Å². The van der Waals surface area contributed by atoms with Crippen molar-refractivity contribution in [3.05, 3.63) is 52.5 Å². The molecule has 0 fully saturated rings. The zero-order valence-corrected chi connectivity index (χ0v) is 16.4. The van der Waals surface area contributed by atoms with Gasteiger partial charge < -0.3 is 13.8 Å². The maximum Gasteiger partial charge on any atom is 0.177 e. The largest absolute Gasteiger partial charge is 0.383 e. The molecule has 0 saturated heterocycles. The van der Waals surface area contributed by atoms with Crippen LogP contribution in [0.1, 0.15) is 5.69 Å². The van der Waals surface area contributed by atoms with E-state index in [2.05, 4.69) is 9.72 Å². The Morgan fingerprint density at radius 3 is 3.04 bits per heavy atom. The third-order valence-electron chi connectivity index (χ3n) is 3.87.